The molecule has 2 heteroatoms. The second-order valence-electron chi connectivity index (χ2n) is 6.42. The van der Waals surface area contributed by atoms with Crippen molar-refractivity contribution in [1.29, 1.82) is 0 Å². The summed E-state index contributed by atoms with van der Waals surface area (Å²) in [6, 6.07) is 9.14. The Morgan fingerprint density at radius 3 is 2.50 bits per heavy atom. The third-order valence-corrected chi connectivity index (χ3v) is 3.17. The van der Waals surface area contributed by atoms with E-state index < -0.39 is 0 Å². The van der Waals surface area contributed by atoms with Gasteiger partial charge in [-0.2, -0.15) is 0 Å². The Kier molecular flexibility index (Phi) is 5.36. The summed E-state index contributed by atoms with van der Waals surface area (Å²) in [6.45, 7) is 11.1. The van der Waals surface area contributed by atoms with Crippen LogP contribution in [0.5, 0.6) is 0 Å². The Hall–Kier alpha value is -0.860. The van der Waals surface area contributed by atoms with Crippen LogP contribution in [0.3, 0.4) is 0 Å². The normalized spacial score (nSPS) is 13.9. The number of hydrogen-bond donors (Lipinski definition) is 1. The van der Waals surface area contributed by atoms with E-state index in [2.05, 4.69) is 76.3 Å². The lowest BCUT2D eigenvalue weighted by molar-refractivity contribution is 0.227. The van der Waals surface area contributed by atoms with Gasteiger partial charge in [0.05, 0.1) is 0 Å². The lowest BCUT2D eigenvalue weighted by Gasteiger charge is -2.30. The molecule has 0 saturated heterocycles. The Morgan fingerprint density at radius 1 is 1.28 bits per heavy atom. The Morgan fingerprint density at radius 2 is 1.94 bits per heavy atom. The topological polar surface area (TPSA) is 15.3 Å². The van der Waals surface area contributed by atoms with Gasteiger partial charge in [-0.1, -0.05) is 43.7 Å². The highest BCUT2D eigenvalue weighted by Gasteiger charge is 2.19. The molecule has 0 spiro atoms. The van der Waals surface area contributed by atoms with Crippen molar-refractivity contribution in [3.8, 4) is 0 Å². The summed E-state index contributed by atoms with van der Waals surface area (Å²) in [5, 5.41) is 3.65. The second kappa shape index (κ2) is 6.35. The molecule has 1 rings (SSSR count). The van der Waals surface area contributed by atoms with Gasteiger partial charge in [-0.15, -0.1) is 0 Å². The highest BCUT2D eigenvalue weighted by atomic mass is 15.1. The molecule has 1 unspecified atom stereocenters. The molecule has 18 heavy (non-hydrogen) atoms. The van der Waals surface area contributed by atoms with Crippen molar-refractivity contribution >= 4 is 0 Å². The van der Waals surface area contributed by atoms with Crippen molar-refractivity contribution < 1.29 is 0 Å². The molecule has 0 radical (unpaired) electrons. The van der Waals surface area contributed by atoms with Crippen LogP contribution in [0, 0.1) is 12.3 Å². The second-order valence-corrected chi connectivity index (χ2v) is 6.42. The fourth-order valence-electron chi connectivity index (χ4n) is 2.40. The molecule has 0 fully saturated rings. The van der Waals surface area contributed by atoms with Crippen LogP contribution < -0.4 is 5.32 Å². The van der Waals surface area contributed by atoms with Crippen molar-refractivity contribution in [1.82, 2.24) is 10.2 Å². The molecule has 0 aromatic heterocycles. The van der Waals surface area contributed by atoms with E-state index in [1.165, 1.54) is 11.1 Å². The zero-order chi connectivity index (χ0) is 13.8. The molecule has 1 aromatic rings. The van der Waals surface area contributed by atoms with Crippen LogP contribution in [0.4, 0.5) is 0 Å². The average molecular weight is 248 g/mol. The number of aryl methyl sites for hydroxylation is 1. The lowest BCUT2D eigenvalue weighted by Crippen LogP contribution is -2.38. The minimum absolute atomic E-state index is 0.293. The molecule has 0 amide bonds. The van der Waals surface area contributed by atoms with E-state index in [1.54, 1.807) is 0 Å². The van der Waals surface area contributed by atoms with Crippen LogP contribution in [0.2, 0.25) is 0 Å². The number of nitrogens with one attached hydrogen (secondary N) is 1. The summed E-state index contributed by atoms with van der Waals surface area (Å²) < 4.78 is 0. The lowest BCUT2D eigenvalue weighted by atomic mass is 9.92. The number of benzene rings is 1. The zero-order valence-electron chi connectivity index (χ0n) is 12.7. The molecule has 1 aromatic carbocycles. The van der Waals surface area contributed by atoms with Crippen LogP contribution >= 0.6 is 0 Å². The maximum absolute atomic E-state index is 3.65. The molecule has 1 atom stereocenters. The first-order valence-corrected chi connectivity index (χ1v) is 6.75. The average Bonchev–Trinajstić information content (AvgIpc) is 2.24. The first-order valence-electron chi connectivity index (χ1n) is 6.75. The minimum atomic E-state index is 0.293. The standard InChI is InChI=1S/C16H28N2/c1-13-8-7-9-15(10-13)14(2)17-11-16(3,4)12-18(5)6/h7-10,14,17H,11-12H2,1-6H3. The summed E-state index contributed by atoms with van der Waals surface area (Å²) in [5.41, 5.74) is 2.99. The van der Waals surface area contributed by atoms with Gasteiger partial charge in [0.15, 0.2) is 0 Å². The Bertz CT molecular complexity index is 369. The third-order valence-electron chi connectivity index (χ3n) is 3.17. The van der Waals surface area contributed by atoms with Gasteiger partial charge >= 0.3 is 0 Å². The number of nitrogens with zero attached hydrogens (tertiary/aromatic N) is 1. The van der Waals surface area contributed by atoms with Gasteiger partial charge in [-0.3, -0.25) is 0 Å². The molecule has 0 aliphatic rings. The molecule has 0 bridgehead atoms. The first kappa shape index (κ1) is 15.2. The highest BCUT2D eigenvalue weighted by Crippen LogP contribution is 2.18. The van der Waals surface area contributed by atoms with E-state index in [9.17, 15) is 0 Å². The first-order chi connectivity index (χ1) is 8.30. The predicted octanol–water partition coefficient (Wildman–Crippen LogP) is 3.23. The van der Waals surface area contributed by atoms with Crippen molar-refractivity contribution in [2.75, 3.05) is 27.2 Å². The van der Waals surface area contributed by atoms with E-state index in [1.807, 2.05) is 0 Å². The maximum atomic E-state index is 3.65. The molecule has 0 aliphatic carbocycles. The summed E-state index contributed by atoms with van der Waals surface area (Å²) in [6.07, 6.45) is 0. The van der Waals surface area contributed by atoms with Crippen LogP contribution in [0.25, 0.3) is 0 Å². The van der Waals surface area contributed by atoms with Crippen LogP contribution in [-0.4, -0.2) is 32.1 Å². The SMILES string of the molecule is Cc1cccc(C(C)NCC(C)(C)CN(C)C)c1. The summed E-state index contributed by atoms with van der Waals surface area (Å²) in [7, 11) is 4.26. The van der Waals surface area contributed by atoms with E-state index in [4.69, 9.17) is 0 Å². The fraction of sp³-hybridized carbons (Fsp3) is 0.625. The van der Waals surface area contributed by atoms with Gasteiger partial charge < -0.3 is 10.2 Å². The zero-order valence-corrected chi connectivity index (χ0v) is 12.7. The molecule has 1 N–H and O–H groups in total. The van der Waals surface area contributed by atoms with E-state index in [0.29, 0.717) is 11.5 Å². The molecule has 2 nitrogen and oxygen atoms in total. The number of rotatable bonds is 6. The van der Waals surface area contributed by atoms with Crippen LogP contribution in [0.1, 0.15) is 37.9 Å². The van der Waals surface area contributed by atoms with Gasteiger partial charge in [-0.05, 0) is 38.9 Å². The molecular formula is C16H28N2. The van der Waals surface area contributed by atoms with Crippen molar-refractivity contribution in [2.45, 2.75) is 33.7 Å². The Balaban J connectivity index is 2.53. The smallest absolute Gasteiger partial charge is 0.0292 e. The van der Waals surface area contributed by atoms with Gasteiger partial charge in [0.1, 0.15) is 0 Å². The molecule has 0 heterocycles. The van der Waals surface area contributed by atoms with Gasteiger partial charge in [0.25, 0.3) is 0 Å². The molecule has 0 aliphatic heterocycles. The number of hydrogen-bond acceptors (Lipinski definition) is 2. The highest BCUT2D eigenvalue weighted by molar-refractivity contribution is 5.24. The summed E-state index contributed by atoms with van der Waals surface area (Å²) >= 11 is 0. The predicted molar refractivity (Wildman–Crippen MR) is 79.9 cm³/mol. The molecular weight excluding hydrogens is 220 g/mol. The monoisotopic (exact) mass is 248 g/mol. The van der Waals surface area contributed by atoms with E-state index in [0.717, 1.165) is 13.1 Å². The van der Waals surface area contributed by atoms with E-state index >= 15 is 0 Å². The van der Waals surface area contributed by atoms with Crippen molar-refractivity contribution in [3.05, 3.63) is 35.4 Å². The minimum Gasteiger partial charge on any atom is -0.310 e. The molecule has 102 valence electrons. The van der Waals surface area contributed by atoms with E-state index in [-0.39, 0.29) is 0 Å². The third kappa shape index (κ3) is 5.19. The Labute approximate surface area is 112 Å². The van der Waals surface area contributed by atoms with Crippen LogP contribution in [-0.2, 0) is 0 Å². The van der Waals surface area contributed by atoms with Crippen molar-refractivity contribution in [2.24, 2.45) is 5.41 Å². The summed E-state index contributed by atoms with van der Waals surface area (Å²) in [5.74, 6) is 0. The van der Waals surface area contributed by atoms with Gasteiger partial charge in [0.2, 0.25) is 0 Å². The fourth-order valence-corrected chi connectivity index (χ4v) is 2.40. The van der Waals surface area contributed by atoms with Crippen LogP contribution in [0.15, 0.2) is 24.3 Å². The summed E-state index contributed by atoms with van der Waals surface area (Å²) in [4.78, 5) is 2.25. The largest absolute Gasteiger partial charge is 0.310 e. The van der Waals surface area contributed by atoms with Crippen molar-refractivity contribution in [3.63, 3.8) is 0 Å². The van der Waals surface area contributed by atoms with Gasteiger partial charge in [0, 0.05) is 19.1 Å². The molecule has 0 saturated carbocycles. The van der Waals surface area contributed by atoms with Gasteiger partial charge in [-0.25, -0.2) is 0 Å². The quantitative estimate of drug-likeness (QED) is 0.831. The maximum Gasteiger partial charge on any atom is 0.0292 e.